The highest BCUT2D eigenvalue weighted by atomic mass is 16.6. The van der Waals surface area contributed by atoms with Crippen LogP contribution in [0.15, 0.2) is 53.6 Å². The van der Waals surface area contributed by atoms with E-state index in [-0.39, 0.29) is 18.1 Å². The van der Waals surface area contributed by atoms with Gasteiger partial charge in [-0.3, -0.25) is 14.9 Å². The molecule has 0 spiro atoms. The minimum atomic E-state index is -0.506. The Morgan fingerprint density at radius 3 is 2.62 bits per heavy atom. The highest BCUT2D eigenvalue weighted by Gasteiger charge is 2.10. The van der Waals surface area contributed by atoms with Crippen LogP contribution in [0.2, 0.25) is 0 Å². The predicted octanol–water partition coefficient (Wildman–Crippen LogP) is 2.17. The minimum Gasteiger partial charge on any atom is -0.497 e. The average Bonchev–Trinajstić information content (AvgIpc) is 2.60. The average molecular weight is 328 g/mol. The lowest BCUT2D eigenvalue weighted by Crippen LogP contribution is -2.25. The van der Waals surface area contributed by atoms with Gasteiger partial charge in [0.15, 0.2) is 0 Å². The third-order valence-electron chi connectivity index (χ3n) is 3.07. The van der Waals surface area contributed by atoms with E-state index in [0.717, 1.165) is 11.4 Å². The van der Waals surface area contributed by atoms with Gasteiger partial charge in [-0.05, 0) is 30.3 Å². The van der Waals surface area contributed by atoms with Gasteiger partial charge in [0.05, 0.1) is 30.4 Å². The van der Waals surface area contributed by atoms with Gasteiger partial charge < -0.3 is 10.1 Å². The minimum absolute atomic E-state index is 0.0144. The maximum absolute atomic E-state index is 11.7. The summed E-state index contributed by atoms with van der Waals surface area (Å²) in [5.74, 6) is 0.347. The second kappa shape index (κ2) is 8.28. The number of carbonyl (C=O) groups excluding carboxylic acids is 1. The lowest BCUT2D eigenvalue weighted by atomic mass is 10.2. The van der Waals surface area contributed by atoms with Crippen molar-refractivity contribution in [2.45, 2.75) is 0 Å². The summed E-state index contributed by atoms with van der Waals surface area (Å²) >= 11 is 0. The zero-order valence-electron chi connectivity index (χ0n) is 12.9. The van der Waals surface area contributed by atoms with Crippen LogP contribution in [0.3, 0.4) is 0 Å². The Hall–Kier alpha value is -3.42. The van der Waals surface area contributed by atoms with Gasteiger partial charge in [0.1, 0.15) is 5.75 Å². The van der Waals surface area contributed by atoms with Gasteiger partial charge in [0, 0.05) is 11.8 Å². The largest absolute Gasteiger partial charge is 0.497 e. The summed E-state index contributed by atoms with van der Waals surface area (Å²) in [4.78, 5) is 22.1. The molecule has 0 aliphatic carbocycles. The molecule has 0 unspecified atom stereocenters. The summed E-state index contributed by atoms with van der Waals surface area (Å²) in [6.45, 7) is 0.0144. The molecule has 24 heavy (non-hydrogen) atoms. The highest BCUT2D eigenvalue weighted by molar-refractivity contribution is 5.87. The molecule has 0 heterocycles. The Labute approximate surface area is 138 Å². The zero-order chi connectivity index (χ0) is 17.4. The maximum Gasteiger partial charge on any atom is 0.278 e. The number of hydrogen-bond donors (Lipinski definition) is 2. The SMILES string of the molecule is COc1ccc(NCC(=O)N/N=C/c2ccccc2[N+](=O)[O-])cc1. The van der Waals surface area contributed by atoms with Crippen molar-refractivity contribution in [3.8, 4) is 5.75 Å². The summed E-state index contributed by atoms with van der Waals surface area (Å²) in [7, 11) is 1.57. The van der Waals surface area contributed by atoms with Gasteiger partial charge in [0.2, 0.25) is 0 Å². The molecule has 1 amide bonds. The van der Waals surface area contributed by atoms with E-state index in [1.165, 1.54) is 12.3 Å². The van der Waals surface area contributed by atoms with Gasteiger partial charge in [-0.25, -0.2) is 5.43 Å². The number of anilines is 1. The van der Waals surface area contributed by atoms with Gasteiger partial charge in [-0.2, -0.15) is 5.10 Å². The van der Waals surface area contributed by atoms with Crippen LogP contribution in [-0.4, -0.2) is 30.7 Å². The van der Waals surface area contributed by atoms with E-state index >= 15 is 0 Å². The molecule has 0 aliphatic heterocycles. The van der Waals surface area contributed by atoms with Crippen molar-refractivity contribution in [1.82, 2.24) is 5.43 Å². The van der Waals surface area contributed by atoms with Gasteiger partial charge in [-0.1, -0.05) is 12.1 Å². The number of nitro groups is 1. The maximum atomic E-state index is 11.7. The van der Waals surface area contributed by atoms with Crippen LogP contribution < -0.4 is 15.5 Å². The number of hydrazone groups is 1. The van der Waals surface area contributed by atoms with Gasteiger partial charge in [0.25, 0.3) is 11.6 Å². The monoisotopic (exact) mass is 328 g/mol. The molecular formula is C16H16N4O4. The van der Waals surface area contributed by atoms with Crippen molar-refractivity contribution in [3.05, 3.63) is 64.2 Å². The summed E-state index contributed by atoms with van der Waals surface area (Å²) in [6, 6.07) is 13.2. The Balaban J connectivity index is 1.85. The van der Waals surface area contributed by atoms with Crippen molar-refractivity contribution >= 4 is 23.5 Å². The van der Waals surface area contributed by atoms with Crippen LogP contribution in [0.1, 0.15) is 5.56 Å². The molecule has 0 aliphatic rings. The Bertz CT molecular complexity index is 744. The molecule has 2 aromatic carbocycles. The quantitative estimate of drug-likeness (QED) is 0.460. The first kappa shape index (κ1) is 16.9. The van der Waals surface area contributed by atoms with Crippen molar-refractivity contribution in [1.29, 1.82) is 0 Å². The molecular weight excluding hydrogens is 312 g/mol. The normalized spacial score (nSPS) is 10.4. The Morgan fingerprint density at radius 1 is 1.25 bits per heavy atom. The van der Waals surface area contributed by atoms with Crippen molar-refractivity contribution < 1.29 is 14.5 Å². The Morgan fingerprint density at radius 2 is 1.96 bits per heavy atom. The first-order chi connectivity index (χ1) is 11.6. The summed E-state index contributed by atoms with van der Waals surface area (Å²) in [5.41, 5.74) is 3.30. The van der Waals surface area contributed by atoms with E-state index in [1.54, 1.807) is 49.6 Å². The molecule has 0 atom stereocenters. The molecule has 0 saturated carbocycles. The highest BCUT2D eigenvalue weighted by Crippen LogP contribution is 2.15. The molecule has 0 saturated heterocycles. The van der Waals surface area contributed by atoms with E-state index in [2.05, 4.69) is 15.8 Å². The Kier molecular flexibility index (Phi) is 5.84. The summed E-state index contributed by atoms with van der Waals surface area (Å²) in [6.07, 6.45) is 1.24. The first-order valence-corrected chi connectivity index (χ1v) is 7.03. The topological polar surface area (TPSA) is 106 Å². The second-order valence-corrected chi connectivity index (χ2v) is 4.69. The van der Waals surface area contributed by atoms with E-state index in [1.807, 2.05) is 0 Å². The third kappa shape index (κ3) is 4.80. The van der Waals surface area contributed by atoms with Crippen molar-refractivity contribution in [2.75, 3.05) is 19.0 Å². The fourth-order valence-corrected chi connectivity index (χ4v) is 1.87. The number of ether oxygens (including phenoxy) is 1. The van der Waals surface area contributed by atoms with Gasteiger partial charge >= 0.3 is 0 Å². The van der Waals surface area contributed by atoms with E-state index in [0.29, 0.717) is 5.56 Å². The van der Waals surface area contributed by atoms with Crippen LogP contribution in [0.25, 0.3) is 0 Å². The van der Waals surface area contributed by atoms with Crippen molar-refractivity contribution in [2.24, 2.45) is 5.10 Å². The van der Waals surface area contributed by atoms with Gasteiger partial charge in [-0.15, -0.1) is 0 Å². The van der Waals surface area contributed by atoms with Crippen LogP contribution in [-0.2, 0) is 4.79 Å². The fraction of sp³-hybridized carbons (Fsp3) is 0.125. The predicted molar refractivity (Wildman–Crippen MR) is 90.3 cm³/mol. The smallest absolute Gasteiger partial charge is 0.278 e. The standard InChI is InChI=1S/C16H16N4O4/c1-24-14-8-6-13(7-9-14)17-11-16(21)19-18-10-12-4-2-3-5-15(12)20(22)23/h2-10,17H,11H2,1H3,(H,19,21)/b18-10+. The van der Waals surface area contributed by atoms with Crippen LogP contribution in [0.4, 0.5) is 11.4 Å². The number of amides is 1. The van der Waals surface area contributed by atoms with Crippen molar-refractivity contribution in [3.63, 3.8) is 0 Å². The van der Waals surface area contributed by atoms with E-state index in [9.17, 15) is 14.9 Å². The summed E-state index contributed by atoms with van der Waals surface area (Å²) in [5, 5.41) is 17.5. The number of para-hydroxylation sites is 1. The molecule has 124 valence electrons. The molecule has 8 heteroatoms. The molecule has 2 N–H and O–H groups in total. The molecule has 8 nitrogen and oxygen atoms in total. The van der Waals surface area contributed by atoms with Crippen LogP contribution in [0.5, 0.6) is 5.75 Å². The van der Waals surface area contributed by atoms with Crippen LogP contribution >= 0.6 is 0 Å². The number of nitro benzene ring substituents is 1. The molecule has 2 rings (SSSR count). The lowest BCUT2D eigenvalue weighted by Gasteiger charge is -2.06. The lowest BCUT2D eigenvalue weighted by molar-refractivity contribution is -0.385. The number of methoxy groups -OCH3 is 1. The first-order valence-electron chi connectivity index (χ1n) is 7.03. The molecule has 2 aromatic rings. The van der Waals surface area contributed by atoms with Crippen LogP contribution in [0, 0.1) is 10.1 Å². The third-order valence-corrected chi connectivity index (χ3v) is 3.07. The number of hydrogen-bond acceptors (Lipinski definition) is 6. The fourth-order valence-electron chi connectivity index (χ4n) is 1.87. The molecule has 0 fully saturated rings. The summed E-state index contributed by atoms with van der Waals surface area (Å²) < 4.78 is 5.04. The number of carbonyl (C=O) groups is 1. The number of rotatable bonds is 7. The second-order valence-electron chi connectivity index (χ2n) is 4.69. The zero-order valence-corrected chi connectivity index (χ0v) is 12.9. The molecule has 0 radical (unpaired) electrons. The van der Waals surface area contributed by atoms with E-state index in [4.69, 9.17) is 4.74 Å². The number of benzene rings is 2. The molecule has 0 aromatic heterocycles. The number of nitrogens with zero attached hydrogens (tertiary/aromatic N) is 2. The van der Waals surface area contributed by atoms with E-state index < -0.39 is 4.92 Å². The molecule has 0 bridgehead atoms. The number of nitrogens with one attached hydrogen (secondary N) is 2.